The molecule has 0 aromatic heterocycles. The fraction of sp³-hybridized carbons (Fsp3) is 0.882. The largest absolute Gasteiger partial charge is 0.343 e. The molecule has 0 unspecified atom stereocenters. The van der Waals surface area contributed by atoms with Gasteiger partial charge in [0, 0.05) is 17.7 Å². The summed E-state index contributed by atoms with van der Waals surface area (Å²) in [7, 11) is -2.95. The topological polar surface area (TPSA) is 66.8 Å². The van der Waals surface area contributed by atoms with E-state index in [4.69, 9.17) is 0 Å². The molecule has 4 fully saturated rings. The van der Waals surface area contributed by atoms with Gasteiger partial charge in [0.15, 0.2) is 15.0 Å². The Balaban J connectivity index is 1.61. The van der Waals surface area contributed by atoms with E-state index in [1.165, 1.54) is 31.0 Å². The van der Waals surface area contributed by atoms with E-state index < -0.39 is 9.84 Å². The van der Waals surface area contributed by atoms with Crippen molar-refractivity contribution in [1.29, 1.82) is 0 Å². The first-order valence-corrected chi connectivity index (χ1v) is 11.8. The Morgan fingerprint density at radius 2 is 2.04 bits per heavy atom. The summed E-state index contributed by atoms with van der Waals surface area (Å²) in [5, 5.41) is 0.864. The van der Waals surface area contributed by atoms with E-state index in [1.54, 1.807) is 0 Å². The second-order valence-corrected chi connectivity index (χ2v) is 11.7. The second-order valence-electron chi connectivity index (χ2n) is 8.34. The molecule has 0 aromatic rings. The summed E-state index contributed by atoms with van der Waals surface area (Å²) in [4.78, 5) is 18.9. The molecule has 24 heavy (non-hydrogen) atoms. The Labute approximate surface area is 148 Å². The van der Waals surface area contributed by atoms with E-state index in [1.807, 2.05) is 13.8 Å². The molecule has 0 N–H and O–H groups in total. The summed E-state index contributed by atoms with van der Waals surface area (Å²) in [6, 6.07) is 0.417. The van der Waals surface area contributed by atoms with Gasteiger partial charge in [0.2, 0.25) is 5.91 Å². The molecule has 2 bridgehead atoms. The van der Waals surface area contributed by atoms with Gasteiger partial charge < -0.3 is 4.90 Å². The molecular weight excluding hydrogens is 344 g/mol. The predicted molar refractivity (Wildman–Crippen MR) is 96.8 cm³/mol. The molecular formula is C17H26N2O3S2. The smallest absolute Gasteiger partial charge is 0.248 e. The third-order valence-electron chi connectivity index (χ3n) is 5.97. The highest BCUT2D eigenvalue weighted by molar-refractivity contribution is 8.15. The van der Waals surface area contributed by atoms with Crippen LogP contribution in [-0.2, 0) is 14.6 Å². The Bertz CT molecular complexity index is 673. The predicted octanol–water partition coefficient (Wildman–Crippen LogP) is 2.32. The summed E-state index contributed by atoms with van der Waals surface area (Å²) in [6.07, 6.45) is 5.43. The highest BCUT2D eigenvalue weighted by Gasteiger charge is 2.54. The van der Waals surface area contributed by atoms with Crippen molar-refractivity contribution >= 4 is 32.7 Å². The average Bonchev–Trinajstić information content (AvgIpc) is 3.16. The number of fused-ring (bicyclic) bond motifs is 3. The monoisotopic (exact) mass is 370 g/mol. The van der Waals surface area contributed by atoms with Crippen molar-refractivity contribution in [3.8, 4) is 0 Å². The molecule has 134 valence electrons. The number of carbonyl (C=O) groups excluding carboxylic acids is 1. The first-order valence-electron chi connectivity index (χ1n) is 9.09. The molecule has 2 heterocycles. The maximum atomic E-state index is 12.2. The van der Waals surface area contributed by atoms with Crippen molar-refractivity contribution in [3.05, 3.63) is 0 Å². The molecule has 7 heteroatoms. The van der Waals surface area contributed by atoms with Crippen LogP contribution in [0.4, 0.5) is 0 Å². The number of hydrogen-bond donors (Lipinski definition) is 0. The van der Waals surface area contributed by atoms with Gasteiger partial charge >= 0.3 is 0 Å². The van der Waals surface area contributed by atoms with Crippen LogP contribution in [0.5, 0.6) is 0 Å². The highest BCUT2D eigenvalue weighted by atomic mass is 32.2. The molecule has 4 aliphatic rings. The average molecular weight is 371 g/mol. The molecule has 0 spiro atoms. The molecule has 5 nitrogen and oxygen atoms in total. The zero-order valence-corrected chi connectivity index (χ0v) is 16.0. The van der Waals surface area contributed by atoms with Crippen molar-refractivity contribution in [3.63, 3.8) is 0 Å². The van der Waals surface area contributed by atoms with Crippen molar-refractivity contribution in [2.75, 3.05) is 11.5 Å². The zero-order valence-electron chi connectivity index (χ0n) is 14.3. The fourth-order valence-electron chi connectivity index (χ4n) is 5.03. The van der Waals surface area contributed by atoms with Crippen molar-refractivity contribution in [2.24, 2.45) is 22.7 Å². The van der Waals surface area contributed by atoms with Crippen LogP contribution in [0.1, 0.15) is 46.0 Å². The number of rotatable bonds is 3. The Morgan fingerprint density at radius 3 is 2.67 bits per heavy atom. The Hall–Kier alpha value is -0.560. The minimum atomic E-state index is -2.95. The summed E-state index contributed by atoms with van der Waals surface area (Å²) in [6.45, 7) is 4.05. The lowest BCUT2D eigenvalue weighted by Gasteiger charge is -2.36. The summed E-state index contributed by atoms with van der Waals surface area (Å²) < 4.78 is 24.2. The van der Waals surface area contributed by atoms with Crippen LogP contribution in [0.3, 0.4) is 0 Å². The van der Waals surface area contributed by atoms with Crippen molar-refractivity contribution < 1.29 is 13.2 Å². The van der Waals surface area contributed by atoms with E-state index in [-0.39, 0.29) is 28.7 Å². The van der Waals surface area contributed by atoms with E-state index in [9.17, 15) is 13.2 Å². The van der Waals surface area contributed by atoms with Crippen LogP contribution in [0, 0.1) is 17.8 Å². The number of amidine groups is 1. The highest BCUT2D eigenvalue weighted by Crippen LogP contribution is 2.51. The lowest BCUT2D eigenvalue weighted by atomic mass is 9.93. The van der Waals surface area contributed by atoms with Gasteiger partial charge in [-0.1, -0.05) is 32.0 Å². The lowest BCUT2D eigenvalue weighted by molar-refractivity contribution is -0.118. The minimum Gasteiger partial charge on any atom is -0.343 e. The summed E-state index contributed by atoms with van der Waals surface area (Å²) in [5.41, 5.74) is 0. The number of sulfone groups is 1. The number of nitrogens with zero attached hydrogens (tertiary/aromatic N) is 2. The molecule has 2 saturated heterocycles. The normalized spacial score (nSPS) is 41.5. The molecule has 4 rings (SSSR count). The Kier molecular flexibility index (Phi) is 4.23. The maximum absolute atomic E-state index is 12.2. The standard InChI is InChI=1S/C17H26N2O3S2/c1-10(2)5-16(20)18-17-19(13-7-11-3-4-12(13)6-11)14-8-24(21,22)9-15(14)23-17/h10-15H,3-9H2,1-2H3/t11-,12-,13+,14+,15+/m0/s1. The number of amides is 1. The van der Waals surface area contributed by atoms with Crippen molar-refractivity contribution in [2.45, 2.75) is 63.3 Å². The van der Waals surface area contributed by atoms with E-state index in [0.29, 0.717) is 24.3 Å². The molecule has 0 aromatic carbocycles. The van der Waals surface area contributed by atoms with E-state index in [2.05, 4.69) is 9.89 Å². The SMILES string of the molecule is CC(C)CC(=O)N=C1S[C@@H]2CS(=O)(=O)C[C@H]2N1[C@@H]1C[C@H]2CC[C@H]1C2. The van der Waals surface area contributed by atoms with Crippen LogP contribution >= 0.6 is 11.8 Å². The number of thioether (sulfide) groups is 1. The van der Waals surface area contributed by atoms with Crippen LogP contribution in [0.25, 0.3) is 0 Å². The quantitative estimate of drug-likeness (QED) is 0.763. The van der Waals surface area contributed by atoms with Gasteiger partial charge in [-0.15, -0.1) is 0 Å². The van der Waals surface area contributed by atoms with Crippen LogP contribution in [-0.4, -0.2) is 53.2 Å². The lowest BCUT2D eigenvalue weighted by Crippen LogP contribution is -2.47. The first-order chi connectivity index (χ1) is 11.3. The fourth-order valence-corrected chi connectivity index (χ4v) is 9.02. The van der Waals surface area contributed by atoms with Gasteiger partial charge in [0.05, 0.1) is 17.5 Å². The summed E-state index contributed by atoms with van der Waals surface area (Å²) in [5.74, 6) is 2.14. The molecule has 2 aliphatic carbocycles. The molecule has 0 radical (unpaired) electrons. The van der Waals surface area contributed by atoms with Gasteiger partial charge in [0.1, 0.15) is 0 Å². The van der Waals surface area contributed by atoms with Crippen LogP contribution in [0.15, 0.2) is 4.99 Å². The molecule has 5 atom stereocenters. The van der Waals surface area contributed by atoms with Gasteiger partial charge in [-0.2, -0.15) is 4.99 Å². The number of aliphatic imine (C=N–C) groups is 1. The summed E-state index contributed by atoms with van der Waals surface area (Å²) >= 11 is 1.54. The Morgan fingerprint density at radius 1 is 1.25 bits per heavy atom. The first kappa shape index (κ1) is 16.9. The third kappa shape index (κ3) is 3.02. The van der Waals surface area contributed by atoms with Gasteiger partial charge in [-0.3, -0.25) is 4.79 Å². The van der Waals surface area contributed by atoms with E-state index >= 15 is 0 Å². The van der Waals surface area contributed by atoms with Gasteiger partial charge in [-0.25, -0.2) is 8.42 Å². The maximum Gasteiger partial charge on any atom is 0.248 e. The van der Waals surface area contributed by atoms with E-state index in [0.717, 1.165) is 17.5 Å². The zero-order chi connectivity index (χ0) is 17.1. The second kappa shape index (κ2) is 6.01. The molecule has 1 amide bonds. The van der Waals surface area contributed by atoms with Gasteiger partial charge in [-0.05, 0) is 37.0 Å². The van der Waals surface area contributed by atoms with Crippen LogP contribution < -0.4 is 0 Å². The molecule has 2 saturated carbocycles. The molecule has 2 aliphatic heterocycles. The number of hydrogen-bond acceptors (Lipinski definition) is 4. The minimum absolute atomic E-state index is 0.0231. The van der Waals surface area contributed by atoms with Crippen LogP contribution in [0.2, 0.25) is 0 Å². The van der Waals surface area contributed by atoms with Gasteiger partial charge in [0.25, 0.3) is 0 Å². The third-order valence-corrected chi connectivity index (χ3v) is 9.19. The number of carbonyl (C=O) groups is 1. The van der Waals surface area contributed by atoms with Crippen molar-refractivity contribution in [1.82, 2.24) is 4.90 Å².